The minimum atomic E-state index is -0.931. The second-order valence-electron chi connectivity index (χ2n) is 12.6. The van der Waals surface area contributed by atoms with Crippen molar-refractivity contribution in [3.63, 3.8) is 0 Å². The van der Waals surface area contributed by atoms with Gasteiger partial charge in [-0.2, -0.15) is 0 Å². The van der Waals surface area contributed by atoms with E-state index in [9.17, 15) is 4.79 Å². The Kier molecular flexibility index (Phi) is 43.6. The third-order valence-corrected chi connectivity index (χ3v) is 8.08. The molecular weight excluding hydrogens is 536 g/mol. The number of hydrogen-bond acceptors (Lipinski definition) is 1. The molecule has 256 valence electrons. The molecule has 0 spiro atoms. The van der Waals surface area contributed by atoms with Crippen molar-refractivity contribution in [2.24, 2.45) is 0 Å². The van der Waals surface area contributed by atoms with Crippen LogP contribution >= 0.6 is 0 Å². The number of carboxylic acid groups (broad SMARTS) is 1. The molecule has 0 bridgehead atoms. The number of carboxylic acids is 1. The largest absolute Gasteiger partial charge is 0.478 e. The van der Waals surface area contributed by atoms with Crippen LogP contribution in [0.4, 0.5) is 0 Å². The number of allylic oxidation sites excluding steroid dienone is 9. The molecule has 0 heterocycles. The van der Waals surface area contributed by atoms with E-state index in [1.807, 2.05) is 24.3 Å². The molecular formula is C42H76O2. The fourth-order valence-electron chi connectivity index (χ4n) is 5.25. The molecule has 0 aliphatic carbocycles. The average Bonchev–Trinajstić information content (AvgIpc) is 3.02. The van der Waals surface area contributed by atoms with Crippen molar-refractivity contribution < 1.29 is 9.90 Å². The van der Waals surface area contributed by atoms with Gasteiger partial charge in [-0.1, -0.05) is 242 Å². The fourth-order valence-corrected chi connectivity index (χ4v) is 5.25. The van der Waals surface area contributed by atoms with Crippen LogP contribution in [0.2, 0.25) is 0 Å². The van der Waals surface area contributed by atoms with Crippen molar-refractivity contribution in [3.8, 4) is 0 Å². The molecule has 0 amide bonds. The summed E-state index contributed by atoms with van der Waals surface area (Å²) in [5, 5.41) is 8.38. The van der Waals surface area contributed by atoms with Gasteiger partial charge in [0.25, 0.3) is 0 Å². The van der Waals surface area contributed by atoms with E-state index < -0.39 is 5.97 Å². The molecule has 0 aliphatic heterocycles. The van der Waals surface area contributed by atoms with Gasteiger partial charge in [0.1, 0.15) is 0 Å². The predicted molar refractivity (Wildman–Crippen MR) is 200 cm³/mol. The van der Waals surface area contributed by atoms with Gasteiger partial charge in [0.05, 0.1) is 0 Å². The highest BCUT2D eigenvalue weighted by molar-refractivity contribution is 5.80. The Hall–Kier alpha value is -1.83. The topological polar surface area (TPSA) is 37.3 Å². The lowest BCUT2D eigenvalue weighted by Gasteiger charge is -2.03. The van der Waals surface area contributed by atoms with Crippen molar-refractivity contribution in [2.75, 3.05) is 0 Å². The van der Waals surface area contributed by atoms with Gasteiger partial charge in [-0.15, -0.1) is 0 Å². The van der Waals surface area contributed by atoms with E-state index in [1.165, 1.54) is 179 Å². The SMILES string of the molecule is CCCCCCCCC/C=C/C=C/C=C/C=C/C=C/C(=O)O.CCCCCCCCCCCCCCCCCCCCCC. The van der Waals surface area contributed by atoms with E-state index >= 15 is 0 Å². The quantitative estimate of drug-likeness (QED) is 0.0466. The molecule has 1 N–H and O–H groups in total. The fraction of sp³-hybridized carbons (Fsp3) is 0.738. The molecule has 0 atom stereocenters. The molecule has 0 aromatic rings. The molecule has 0 aromatic carbocycles. The Bertz CT molecular complexity index is 662. The summed E-state index contributed by atoms with van der Waals surface area (Å²) >= 11 is 0. The van der Waals surface area contributed by atoms with Crippen LogP contribution in [0.1, 0.15) is 201 Å². The van der Waals surface area contributed by atoms with Crippen LogP contribution in [0.25, 0.3) is 0 Å². The van der Waals surface area contributed by atoms with E-state index in [1.54, 1.807) is 12.2 Å². The van der Waals surface area contributed by atoms with Crippen LogP contribution < -0.4 is 0 Å². The number of rotatable bonds is 32. The standard InChI is InChI=1S/C22H46.C20H30O2/c1-3-5-7-9-11-13-15-17-19-21-22-20-18-16-14-12-10-8-6-4-2;1-2-3-4-5-6-7-8-9-10-11-12-13-14-15-16-17-18-19-20(21)22/h3-22H2,1-2H3;10-19H,2-9H2,1H3,(H,21,22)/b;11-10+,13-12+,15-14+,17-16+,19-18+. The third kappa shape index (κ3) is 47.1. The van der Waals surface area contributed by atoms with Crippen LogP contribution in [0, 0.1) is 0 Å². The summed E-state index contributed by atoms with van der Waals surface area (Å²) in [5.74, 6) is -0.931. The first-order valence-corrected chi connectivity index (χ1v) is 19.2. The first kappa shape index (κ1) is 44.3. The van der Waals surface area contributed by atoms with Gasteiger partial charge in [0.15, 0.2) is 0 Å². The van der Waals surface area contributed by atoms with Crippen LogP contribution in [0.5, 0.6) is 0 Å². The van der Waals surface area contributed by atoms with Crippen LogP contribution in [-0.4, -0.2) is 11.1 Å². The first-order chi connectivity index (χ1) is 21.7. The van der Waals surface area contributed by atoms with E-state index in [0.29, 0.717) is 0 Å². The molecule has 0 fully saturated rings. The predicted octanol–water partition coefficient (Wildman–Crippen LogP) is 14.8. The van der Waals surface area contributed by atoms with Crippen molar-refractivity contribution in [2.45, 2.75) is 201 Å². The molecule has 44 heavy (non-hydrogen) atoms. The summed E-state index contributed by atoms with van der Waals surface area (Å²) in [6.45, 7) is 6.85. The molecule has 0 aromatic heterocycles. The van der Waals surface area contributed by atoms with Gasteiger partial charge < -0.3 is 5.11 Å². The number of aliphatic carboxylic acids is 1. The number of hydrogen-bond donors (Lipinski definition) is 1. The molecule has 0 unspecified atom stereocenters. The summed E-state index contributed by atoms with van der Waals surface area (Å²) in [7, 11) is 0. The van der Waals surface area contributed by atoms with Gasteiger partial charge in [-0.25, -0.2) is 4.79 Å². The van der Waals surface area contributed by atoms with Gasteiger partial charge in [-0.05, 0) is 12.8 Å². The molecule has 2 nitrogen and oxygen atoms in total. The Morgan fingerprint density at radius 3 is 0.909 bits per heavy atom. The highest BCUT2D eigenvalue weighted by Crippen LogP contribution is 2.15. The van der Waals surface area contributed by atoms with Crippen LogP contribution in [-0.2, 0) is 4.79 Å². The molecule has 2 heteroatoms. The molecule has 0 rings (SSSR count). The molecule has 0 saturated heterocycles. The normalized spacial score (nSPS) is 12.0. The maximum atomic E-state index is 10.2. The van der Waals surface area contributed by atoms with Gasteiger partial charge in [0.2, 0.25) is 0 Å². The zero-order valence-electron chi connectivity index (χ0n) is 29.9. The molecule has 0 radical (unpaired) electrons. The lowest BCUT2D eigenvalue weighted by Crippen LogP contribution is -1.84. The maximum Gasteiger partial charge on any atom is 0.328 e. The Morgan fingerprint density at radius 2 is 0.614 bits per heavy atom. The zero-order valence-corrected chi connectivity index (χ0v) is 29.9. The summed E-state index contributed by atoms with van der Waals surface area (Å²) in [6, 6.07) is 0. The Morgan fingerprint density at radius 1 is 0.364 bits per heavy atom. The van der Waals surface area contributed by atoms with Gasteiger partial charge in [0, 0.05) is 6.08 Å². The zero-order chi connectivity index (χ0) is 32.4. The van der Waals surface area contributed by atoms with Crippen LogP contribution in [0.3, 0.4) is 0 Å². The summed E-state index contributed by atoms with van der Waals surface area (Å²) in [4.78, 5) is 10.2. The maximum absolute atomic E-state index is 10.2. The first-order valence-electron chi connectivity index (χ1n) is 19.2. The Balaban J connectivity index is 0. The second-order valence-corrected chi connectivity index (χ2v) is 12.6. The number of unbranched alkanes of at least 4 members (excludes halogenated alkanes) is 26. The minimum absolute atomic E-state index is 0.931. The minimum Gasteiger partial charge on any atom is -0.478 e. The lowest BCUT2D eigenvalue weighted by atomic mass is 10.0. The van der Waals surface area contributed by atoms with E-state index in [0.717, 1.165) is 12.5 Å². The lowest BCUT2D eigenvalue weighted by molar-refractivity contribution is -0.131. The number of carbonyl (C=O) groups is 1. The highest BCUT2D eigenvalue weighted by Gasteiger charge is 1.95. The van der Waals surface area contributed by atoms with Crippen molar-refractivity contribution in [1.82, 2.24) is 0 Å². The van der Waals surface area contributed by atoms with Crippen molar-refractivity contribution in [1.29, 1.82) is 0 Å². The summed E-state index contributed by atoms with van der Waals surface area (Å²) < 4.78 is 0. The van der Waals surface area contributed by atoms with E-state index in [2.05, 4.69) is 32.9 Å². The van der Waals surface area contributed by atoms with Crippen LogP contribution in [0.15, 0.2) is 60.8 Å². The van der Waals surface area contributed by atoms with Gasteiger partial charge in [-0.3, -0.25) is 0 Å². The summed E-state index contributed by atoms with van der Waals surface area (Å²) in [6.07, 6.45) is 58.2. The van der Waals surface area contributed by atoms with Crippen molar-refractivity contribution in [3.05, 3.63) is 60.8 Å². The average molecular weight is 613 g/mol. The smallest absolute Gasteiger partial charge is 0.328 e. The third-order valence-electron chi connectivity index (χ3n) is 8.08. The highest BCUT2D eigenvalue weighted by atomic mass is 16.4. The van der Waals surface area contributed by atoms with Gasteiger partial charge >= 0.3 is 5.97 Å². The molecule has 0 aliphatic rings. The summed E-state index contributed by atoms with van der Waals surface area (Å²) in [5.41, 5.74) is 0. The Labute approximate surface area is 276 Å². The van der Waals surface area contributed by atoms with Crippen molar-refractivity contribution >= 4 is 5.97 Å². The van der Waals surface area contributed by atoms with E-state index in [-0.39, 0.29) is 0 Å². The molecule has 0 saturated carbocycles. The second kappa shape index (κ2) is 43.3. The van der Waals surface area contributed by atoms with E-state index in [4.69, 9.17) is 5.11 Å². The monoisotopic (exact) mass is 613 g/mol.